The lowest BCUT2D eigenvalue weighted by molar-refractivity contribution is -0.111. The van der Waals surface area contributed by atoms with Crippen molar-refractivity contribution in [3.63, 3.8) is 0 Å². The molecule has 0 aromatic rings. The molecule has 0 aliphatic rings. The summed E-state index contributed by atoms with van der Waals surface area (Å²) in [6, 6.07) is -4.40. The van der Waals surface area contributed by atoms with E-state index in [4.69, 9.17) is 0 Å². The molecule has 0 rings (SSSR count). The molecule has 0 aromatic heterocycles. The van der Waals surface area contributed by atoms with Crippen LogP contribution in [0.4, 0.5) is 39.5 Å². The van der Waals surface area contributed by atoms with Gasteiger partial charge in [0.1, 0.15) is 0 Å². The number of rotatable bonds is 9. The van der Waals surface area contributed by atoms with Crippen LogP contribution in [0.2, 0.25) is 18.1 Å². The van der Waals surface area contributed by atoms with Gasteiger partial charge in [-0.05, 0) is 0 Å². The van der Waals surface area contributed by atoms with E-state index in [0.29, 0.717) is 0 Å². The molecule has 0 aliphatic carbocycles. The predicted octanol–water partition coefficient (Wildman–Crippen LogP) is 2.34. The first-order valence-corrected chi connectivity index (χ1v) is 12.1. The number of phosphoric acid groups is 1. The van der Waals surface area contributed by atoms with E-state index in [9.17, 15) is 44.1 Å². The van der Waals surface area contributed by atoms with Crippen molar-refractivity contribution in [1.29, 1.82) is 0 Å². The van der Waals surface area contributed by atoms with Crippen molar-refractivity contribution in [2.75, 3.05) is 0 Å². The highest BCUT2D eigenvalue weighted by molar-refractivity contribution is 7.51. The van der Waals surface area contributed by atoms with Crippen molar-refractivity contribution in [3.05, 3.63) is 0 Å². The van der Waals surface area contributed by atoms with Crippen LogP contribution in [-0.4, -0.2) is 47.8 Å². The van der Waals surface area contributed by atoms with Crippen LogP contribution in [0.1, 0.15) is 0 Å². The Labute approximate surface area is 131 Å². The molecule has 0 fully saturated rings. The average Bonchev–Trinajstić information content (AvgIpc) is 2.22. The zero-order valence-electron chi connectivity index (χ0n) is 11.2. The van der Waals surface area contributed by atoms with Gasteiger partial charge in [0.25, 0.3) is 0 Å². The monoisotopic (exact) mass is 434 g/mol. The van der Waals surface area contributed by atoms with Gasteiger partial charge in [-0.15, -0.1) is 0 Å². The maximum atomic E-state index is 12.0. The van der Waals surface area contributed by atoms with Crippen molar-refractivity contribution >= 4 is 37.1 Å². The van der Waals surface area contributed by atoms with E-state index in [0.717, 1.165) is 0 Å². The number of hydrogen-bond acceptors (Lipinski definition) is 4. The lowest BCUT2D eigenvalue weighted by Gasteiger charge is -2.20. The first-order valence-electron chi connectivity index (χ1n) is 5.86. The molecule has 0 spiro atoms. The molecule has 0 saturated carbocycles. The second-order valence-electron chi connectivity index (χ2n) is 4.04. The Kier molecular flexibility index (Phi) is 9.05. The third-order valence-electron chi connectivity index (χ3n) is 1.90. The van der Waals surface area contributed by atoms with Gasteiger partial charge in [-0.3, -0.25) is 0 Å². The van der Waals surface area contributed by atoms with Crippen molar-refractivity contribution in [3.8, 4) is 0 Å². The highest BCUT2D eigenvalue weighted by Crippen LogP contribution is 2.49. The summed E-state index contributed by atoms with van der Waals surface area (Å²) < 4.78 is 132. The molecule has 0 unspecified atom stereocenters. The number of hydrogen-bond donors (Lipinski definition) is 0. The molecule has 4 nitrogen and oxygen atoms in total. The maximum Gasteiger partial charge on any atom is 0.443 e. The molecule has 0 heterocycles. The van der Waals surface area contributed by atoms with Gasteiger partial charge in [-0.25, -0.2) is 4.57 Å². The molecule has 0 atom stereocenters. The Balaban J connectivity index is 4.53. The Morgan fingerprint density at radius 2 is 0.826 bits per heavy atom. The SMILES string of the molecule is O=P(O[SiH2]CC(F)(F)F)(O[SiH2]CC(F)(F)F)O[SiH2]CC(F)(F)F. The van der Waals surface area contributed by atoms with Crippen LogP contribution < -0.4 is 0 Å². The molecule has 0 N–H and O–H groups in total. The Morgan fingerprint density at radius 3 is 1.00 bits per heavy atom. The minimum atomic E-state index is -4.79. The number of alkyl halides is 9. The van der Waals surface area contributed by atoms with Crippen molar-refractivity contribution in [2.45, 2.75) is 36.7 Å². The molecular formula is C6H12F9O4PSi3. The van der Waals surface area contributed by atoms with Crippen LogP contribution in [0, 0.1) is 0 Å². The van der Waals surface area contributed by atoms with Crippen molar-refractivity contribution in [2.24, 2.45) is 0 Å². The Hall–Kier alpha value is 0.131. The Morgan fingerprint density at radius 1 is 0.609 bits per heavy atom. The van der Waals surface area contributed by atoms with Crippen molar-refractivity contribution < 1.29 is 56.7 Å². The van der Waals surface area contributed by atoms with E-state index in [2.05, 4.69) is 12.6 Å². The molecular weight excluding hydrogens is 422 g/mol. The van der Waals surface area contributed by atoms with Crippen LogP contribution in [-0.2, 0) is 17.2 Å². The van der Waals surface area contributed by atoms with Gasteiger partial charge in [-0.2, -0.15) is 39.5 Å². The smallest absolute Gasteiger partial charge is 0.338 e. The normalized spacial score (nSPS) is 18.0. The molecule has 0 saturated heterocycles. The fourth-order valence-electron chi connectivity index (χ4n) is 0.931. The summed E-state index contributed by atoms with van der Waals surface area (Å²) in [5, 5.41) is 0. The maximum absolute atomic E-state index is 12.0. The van der Waals surface area contributed by atoms with Crippen molar-refractivity contribution in [1.82, 2.24) is 0 Å². The second kappa shape index (κ2) is 9.00. The summed E-state index contributed by atoms with van der Waals surface area (Å²) >= 11 is 0. The summed E-state index contributed by atoms with van der Waals surface area (Å²) in [5.74, 6) is 0. The zero-order chi connectivity index (χ0) is 18.4. The lowest BCUT2D eigenvalue weighted by Crippen LogP contribution is -2.18. The summed E-state index contributed by atoms with van der Waals surface area (Å²) in [7, 11) is -12.5. The Bertz CT molecular complexity index is 341. The molecule has 140 valence electrons. The summed E-state index contributed by atoms with van der Waals surface area (Å²) in [4.78, 5) is 0. The lowest BCUT2D eigenvalue weighted by atomic mass is 10.8. The highest BCUT2D eigenvalue weighted by atomic mass is 31.2. The second-order valence-corrected chi connectivity index (χ2v) is 10.8. The first kappa shape index (κ1) is 23.1. The zero-order valence-corrected chi connectivity index (χ0v) is 16.4. The molecule has 0 amide bonds. The van der Waals surface area contributed by atoms with E-state index in [1.165, 1.54) is 0 Å². The highest BCUT2D eigenvalue weighted by Gasteiger charge is 2.35. The molecule has 0 bridgehead atoms. The average molecular weight is 434 g/mol. The summed E-state index contributed by atoms with van der Waals surface area (Å²) in [6.45, 7) is 0. The van der Waals surface area contributed by atoms with Gasteiger partial charge in [-0.1, -0.05) is 0 Å². The fourth-order valence-corrected chi connectivity index (χ4v) is 8.31. The molecule has 0 aromatic carbocycles. The van der Waals surface area contributed by atoms with Crippen LogP contribution in [0.5, 0.6) is 0 Å². The van der Waals surface area contributed by atoms with Gasteiger partial charge < -0.3 is 12.6 Å². The molecule has 0 radical (unpaired) electrons. The minimum Gasteiger partial charge on any atom is -0.338 e. The molecule has 17 heteroatoms. The van der Waals surface area contributed by atoms with E-state index in [-0.39, 0.29) is 0 Å². The van der Waals surface area contributed by atoms with Gasteiger partial charge in [0.05, 0.1) is 18.1 Å². The topological polar surface area (TPSA) is 44.8 Å². The van der Waals surface area contributed by atoms with E-state index < -0.39 is 73.8 Å². The third-order valence-corrected chi connectivity index (χ3v) is 10.2. The van der Waals surface area contributed by atoms with Gasteiger partial charge in [0.2, 0.25) is 0 Å². The van der Waals surface area contributed by atoms with Crippen LogP contribution in [0.3, 0.4) is 0 Å². The summed E-state index contributed by atoms with van der Waals surface area (Å²) in [5.41, 5.74) is 0. The fraction of sp³-hybridized carbons (Fsp3) is 1.00. The standard InChI is InChI=1S/C6H12F9O4PSi3/c7-4(8,9)1-21-17-20(16,18-22-2-5(10,11)12)19-23-3-6(13,14)15/h1-3,21-23H2. The summed E-state index contributed by atoms with van der Waals surface area (Å²) in [6.07, 6.45) is -13.9. The van der Waals surface area contributed by atoms with Crippen LogP contribution in [0.25, 0.3) is 0 Å². The van der Waals surface area contributed by atoms with E-state index in [1.54, 1.807) is 0 Å². The van der Waals surface area contributed by atoms with Gasteiger partial charge >= 0.3 is 26.4 Å². The third kappa shape index (κ3) is 15.4. The largest absolute Gasteiger partial charge is 0.443 e. The first-order chi connectivity index (χ1) is 10.1. The van der Waals surface area contributed by atoms with E-state index in [1.807, 2.05) is 0 Å². The quantitative estimate of drug-likeness (QED) is 0.318. The van der Waals surface area contributed by atoms with Gasteiger partial charge in [0.15, 0.2) is 29.3 Å². The van der Waals surface area contributed by atoms with Gasteiger partial charge in [0, 0.05) is 0 Å². The van der Waals surface area contributed by atoms with Crippen LogP contribution >= 0.6 is 7.82 Å². The molecule has 0 aliphatic heterocycles. The van der Waals surface area contributed by atoms with E-state index >= 15 is 0 Å². The predicted molar refractivity (Wildman–Crippen MR) is 69.1 cm³/mol. The molecule has 23 heavy (non-hydrogen) atoms. The minimum absolute atomic E-state index is 1.47. The van der Waals surface area contributed by atoms with Crippen LogP contribution in [0.15, 0.2) is 0 Å². The number of halogens is 9.